The summed E-state index contributed by atoms with van der Waals surface area (Å²) in [6, 6.07) is 15.9. The quantitative estimate of drug-likeness (QED) is 0.175. The molecule has 0 aromatic heterocycles. The molecule has 0 saturated heterocycles. The van der Waals surface area contributed by atoms with Gasteiger partial charge < -0.3 is 9.74 Å². The van der Waals surface area contributed by atoms with Crippen LogP contribution in [0.5, 0.6) is 0 Å². The Morgan fingerprint density at radius 1 is 0.818 bits per heavy atom. The van der Waals surface area contributed by atoms with Crippen LogP contribution in [0.15, 0.2) is 59.8 Å². The van der Waals surface area contributed by atoms with E-state index < -0.39 is 10.9 Å². The maximum atomic E-state index is 12.7. The van der Waals surface area contributed by atoms with Crippen LogP contribution in [0.25, 0.3) is 0 Å². The van der Waals surface area contributed by atoms with Gasteiger partial charge in [-0.1, -0.05) is 61.9 Å². The number of non-ortho nitro benzene ring substituents is 1. The fourth-order valence-electron chi connectivity index (χ4n) is 5.06. The third-order valence-corrected chi connectivity index (χ3v) is 6.74. The minimum Gasteiger partial charge on any atom is -0.347 e. The summed E-state index contributed by atoms with van der Waals surface area (Å²) in [4.78, 5) is 31.3. The van der Waals surface area contributed by atoms with E-state index in [9.17, 15) is 14.9 Å². The van der Waals surface area contributed by atoms with Crippen molar-refractivity contribution in [2.24, 2.45) is 5.16 Å². The van der Waals surface area contributed by atoms with Crippen molar-refractivity contribution in [3.05, 3.63) is 75.8 Å². The van der Waals surface area contributed by atoms with Crippen LogP contribution < -0.4 is 0 Å². The van der Waals surface area contributed by atoms with Gasteiger partial charge in [0, 0.05) is 29.8 Å². The zero-order chi connectivity index (χ0) is 23.0. The number of nitro groups is 1. The van der Waals surface area contributed by atoms with Crippen molar-refractivity contribution in [1.29, 1.82) is 0 Å². The highest BCUT2D eigenvalue weighted by atomic mass is 16.7. The largest absolute Gasteiger partial charge is 0.365 e. The predicted molar refractivity (Wildman–Crippen MR) is 127 cm³/mol. The van der Waals surface area contributed by atoms with E-state index in [4.69, 9.17) is 4.84 Å². The molecule has 2 aromatic rings. The molecule has 0 amide bonds. The van der Waals surface area contributed by atoms with Gasteiger partial charge in [-0.15, -0.1) is 0 Å². The molecule has 0 heterocycles. The molecule has 0 bridgehead atoms. The van der Waals surface area contributed by atoms with Crippen LogP contribution in [-0.2, 0) is 4.84 Å². The number of hydrogen-bond donors (Lipinski definition) is 0. The first-order valence-corrected chi connectivity index (χ1v) is 12.0. The average Bonchev–Trinajstić information content (AvgIpc) is 2.88. The second-order valence-electron chi connectivity index (χ2n) is 8.95. The van der Waals surface area contributed by atoms with Crippen molar-refractivity contribution in [3.8, 4) is 0 Å². The van der Waals surface area contributed by atoms with Gasteiger partial charge in [0.1, 0.15) is 0 Å². The fraction of sp³-hybridized carbons (Fsp3) is 0.462. The monoisotopic (exact) mass is 449 g/mol. The van der Waals surface area contributed by atoms with Gasteiger partial charge in [-0.3, -0.25) is 10.1 Å². The molecule has 2 aromatic carbocycles. The summed E-state index contributed by atoms with van der Waals surface area (Å²) < 4.78 is 0. The van der Waals surface area contributed by atoms with E-state index in [0.717, 1.165) is 31.2 Å². The summed E-state index contributed by atoms with van der Waals surface area (Å²) in [6.45, 7) is 0. The van der Waals surface area contributed by atoms with Gasteiger partial charge in [-0.2, -0.15) is 0 Å². The van der Waals surface area contributed by atoms with Crippen molar-refractivity contribution in [2.75, 3.05) is 0 Å². The van der Waals surface area contributed by atoms with Crippen LogP contribution in [0.1, 0.15) is 80.1 Å². The Morgan fingerprint density at radius 3 is 1.88 bits per heavy atom. The molecule has 7 nitrogen and oxygen atoms in total. The number of carbonyl (C=O) groups excluding carboxylic acids is 1. The summed E-state index contributed by atoms with van der Waals surface area (Å²) in [7, 11) is 0. The number of carbonyl (C=O) groups is 1. The predicted octanol–water partition coefficient (Wildman–Crippen LogP) is 6.08. The molecule has 174 valence electrons. The molecular formula is C26H31N3O4. The van der Waals surface area contributed by atoms with Crippen molar-refractivity contribution in [2.45, 2.75) is 76.3 Å². The molecule has 0 spiro atoms. The average molecular weight is 450 g/mol. The van der Waals surface area contributed by atoms with Gasteiger partial charge in [0.05, 0.1) is 10.5 Å². The Bertz CT molecular complexity index is 945. The minimum absolute atomic E-state index is 0.0289. The van der Waals surface area contributed by atoms with Gasteiger partial charge in [-0.05, 0) is 49.9 Å². The van der Waals surface area contributed by atoms with E-state index >= 15 is 0 Å². The Balaban J connectivity index is 1.70. The molecule has 2 aliphatic carbocycles. The van der Waals surface area contributed by atoms with Gasteiger partial charge in [0.25, 0.3) is 5.69 Å². The third kappa shape index (κ3) is 5.78. The first-order valence-electron chi connectivity index (χ1n) is 12.0. The molecule has 33 heavy (non-hydrogen) atoms. The molecule has 2 fully saturated rings. The Labute approximate surface area is 194 Å². The molecule has 0 aliphatic heterocycles. The molecule has 7 heteroatoms. The van der Waals surface area contributed by atoms with E-state index in [2.05, 4.69) is 10.1 Å². The van der Waals surface area contributed by atoms with Crippen molar-refractivity contribution in [3.63, 3.8) is 0 Å². The normalized spacial score (nSPS) is 18.0. The molecule has 0 atom stereocenters. The van der Waals surface area contributed by atoms with Crippen LogP contribution in [-0.4, -0.2) is 33.7 Å². The lowest BCUT2D eigenvalue weighted by Crippen LogP contribution is -2.49. The number of nitro benzene ring substituents is 1. The van der Waals surface area contributed by atoms with Gasteiger partial charge in [0.15, 0.2) is 5.84 Å². The van der Waals surface area contributed by atoms with Gasteiger partial charge in [0.2, 0.25) is 0 Å². The highest BCUT2D eigenvalue weighted by molar-refractivity contribution is 6.00. The lowest BCUT2D eigenvalue weighted by Gasteiger charge is -2.43. The maximum absolute atomic E-state index is 12.7. The summed E-state index contributed by atoms with van der Waals surface area (Å²) in [5.74, 6) is 0.0928. The lowest BCUT2D eigenvalue weighted by molar-refractivity contribution is -0.384. The Morgan fingerprint density at radius 2 is 1.36 bits per heavy atom. The van der Waals surface area contributed by atoms with Crippen LogP contribution in [0.2, 0.25) is 0 Å². The molecule has 4 rings (SSSR count). The third-order valence-electron chi connectivity index (χ3n) is 6.74. The number of oxime groups is 1. The number of nitrogens with zero attached hydrogens (tertiary/aromatic N) is 3. The van der Waals surface area contributed by atoms with Crippen LogP contribution in [0.4, 0.5) is 5.69 Å². The van der Waals surface area contributed by atoms with E-state index in [1.807, 2.05) is 6.07 Å². The summed E-state index contributed by atoms with van der Waals surface area (Å²) >= 11 is 0. The van der Waals surface area contributed by atoms with Crippen LogP contribution in [0, 0.1) is 10.1 Å². The number of benzene rings is 2. The Hall–Kier alpha value is -3.22. The topological polar surface area (TPSA) is 85.0 Å². The molecule has 0 N–H and O–H groups in total. The Kier molecular flexibility index (Phi) is 7.70. The first kappa shape index (κ1) is 23.0. The second-order valence-corrected chi connectivity index (χ2v) is 8.95. The standard InChI is InChI=1S/C26H31N3O4/c30-26(21-10-4-1-5-11-21)33-27-25(20-16-18-24(19-17-20)29(31)32)28(22-12-6-2-7-13-22)23-14-8-3-9-15-23/h1,4-5,10-11,16-19,22-23H,2-3,6-9,12-15H2. The molecule has 0 radical (unpaired) electrons. The lowest BCUT2D eigenvalue weighted by atomic mass is 9.88. The highest BCUT2D eigenvalue weighted by Gasteiger charge is 2.33. The summed E-state index contributed by atoms with van der Waals surface area (Å²) in [5, 5.41) is 15.6. The molecule has 2 aliphatic rings. The summed E-state index contributed by atoms with van der Waals surface area (Å²) in [6.07, 6.45) is 11.5. The first-order chi connectivity index (χ1) is 16.1. The molecule has 2 saturated carbocycles. The highest BCUT2D eigenvalue weighted by Crippen LogP contribution is 2.32. The zero-order valence-electron chi connectivity index (χ0n) is 18.9. The molecule has 0 unspecified atom stereocenters. The minimum atomic E-state index is -0.512. The fourth-order valence-corrected chi connectivity index (χ4v) is 5.06. The zero-order valence-corrected chi connectivity index (χ0v) is 18.9. The van der Waals surface area contributed by atoms with E-state index in [1.165, 1.54) is 50.7 Å². The van der Waals surface area contributed by atoms with Crippen molar-refractivity contribution in [1.82, 2.24) is 4.90 Å². The van der Waals surface area contributed by atoms with E-state index in [1.54, 1.807) is 36.4 Å². The van der Waals surface area contributed by atoms with Gasteiger partial charge >= 0.3 is 5.97 Å². The number of hydrogen-bond acceptors (Lipinski definition) is 5. The SMILES string of the molecule is O=C(ON=C(c1ccc([N+](=O)[O-])cc1)N(C1CCCCC1)C1CCCCC1)c1ccccc1. The number of rotatable bonds is 6. The second kappa shape index (κ2) is 11.1. The number of amidine groups is 1. The van der Waals surface area contributed by atoms with E-state index in [-0.39, 0.29) is 5.69 Å². The summed E-state index contributed by atoms with van der Waals surface area (Å²) in [5.41, 5.74) is 1.20. The van der Waals surface area contributed by atoms with Crippen LogP contribution >= 0.6 is 0 Å². The van der Waals surface area contributed by atoms with Crippen LogP contribution in [0.3, 0.4) is 0 Å². The maximum Gasteiger partial charge on any atom is 0.365 e. The molecular weight excluding hydrogens is 418 g/mol. The van der Waals surface area contributed by atoms with E-state index in [0.29, 0.717) is 23.5 Å². The van der Waals surface area contributed by atoms with Crippen molar-refractivity contribution < 1.29 is 14.6 Å². The smallest absolute Gasteiger partial charge is 0.347 e. The van der Waals surface area contributed by atoms with Gasteiger partial charge in [-0.25, -0.2) is 4.79 Å². The van der Waals surface area contributed by atoms with Crippen molar-refractivity contribution >= 4 is 17.5 Å².